The van der Waals surface area contributed by atoms with Crippen molar-refractivity contribution in [1.29, 1.82) is 5.26 Å². The quantitative estimate of drug-likeness (QED) is 0.690. The first-order valence-corrected chi connectivity index (χ1v) is 6.75. The second-order valence-electron chi connectivity index (χ2n) is 4.22. The van der Waals surface area contributed by atoms with Gasteiger partial charge in [0.25, 0.3) is 0 Å². The average Bonchev–Trinajstić information content (AvgIpc) is 2.75. The van der Waals surface area contributed by atoms with Gasteiger partial charge in [0.05, 0.1) is 18.2 Å². The van der Waals surface area contributed by atoms with Gasteiger partial charge in [-0.3, -0.25) is 0 Å². The van der Waals surface area contributed by atoms with Crippen molar-refractivity contribution in [1.82, 2.24) is 4.31 Å². The zero-order valence-corrected chi connectivity index (χ0v) is 9.00. The van der Waals surface area contributed by atoms with Gasteiger partial charge in [0.1, 0.15) is 0 Å². The Morgan fingerprint density at radius 1 is 1.43 bits per heavy atom. The highest BCUT2D eigenvalue weighted by Crippen LogP contribution is 2.43. The molecule has 78 valence electrons. The van der Waals surface area contributed by atoms with E-state index < -0.39 is 10.0 Å². The first kappa shape index (κ1) is 9.94. The largest absolute Gasteiger partial charge is 0.212 e. The van der Waals surface area contributed by atoms with Gasteiger partial charge in [-0.05, 0) is 25.2 Å². The normalized spacial score (nSPS) is 30.4. The summed E-state index contributed by atoms with van der Waals surface area (Å²) in [6.45, 7) is 0.592. The summed E-state index contributed by atoms with van der Waals surface area (Å²) >= 11 is 0. The first-order valence-electron chi connectivity index (χ1n) is 4.90. The summed E-state index contributed by atoms with van der Waals surface area (Å²) in [7, 11) is -3.09. The van der Waals surface area contributed by atoms with Crippen LogP contribution in [0.15, 0.2) is 0 Å². The van der Waals surface area contributed by atoms with Crippen molar-refractivity contribution >= 4 is 10.0 Å². The van der Waals surface area contributed by atoms with Gasteiger partial charge in [0.2, 0.25) is 10.0 Å². The molecule has 0 amide bonds. The molecule has 0 aromatic rings. The molecule has 0 spiro atoms. The predicted octanol–water partition coefficient (Wildman–Crippen LogP) is 0.570. The molecule has 2 aliphatic rings. The molecule has 1 aliphatic heterocycles. The monoisotopic (exact) mass is 214 g/mol. The third-order valence-electron chi connectivity index (χ3n) is 3.13. The summed E-state index contributed by atoms with van der Waals surface area (Å²) in [4.78, 5) is 0. The lowest BCUT2D eigenvalue weighted by Gasteiger charge is -2.41. The minimum absolute atomic E-state index is 0.0394. The Bertz CT molecular complexity index is 367. The Kier molecular flexibility index (Phi) is 2.28. The molecular formula is C9H14N2O2S. The summed E-state index contributed by atoms with van der Waals surface area (Å²) in [5.74, 6) is 0.382. The van der Waals surface area contributed by atoms with E-state index in [1.165, 1.54) is 10.6 Å². The van der Waals surface area contributed by atoms with Crippen LogP contribution in [0.2, 0.25) is 0 Å². The molecule has 0 radical (unpaired) electrons. The molecule has 1 heterocycles. The van der Waals surface area contributed by atoms with Crippen molar-refractivity contribution < 1.29 is 8.42 Å². The molecule has 2 unspecified atom stereocenters. The number of hydrogen-bond donors (Lipinski definition) is 0. The molecule has 1 aliphatic carbocycles. The highest BCUT2D eigenvalue weighted by atomic mass is 32.2. The van der Waals surface area contributed by atoms with Crippen LogP contribution < -0.4 is 0 Å². The number of rotatable bonds is 3. The molecule has 4 nitrogen and oxygen atoms in total. The van der Waals surface area contributed by atoms with Crippen molar-refractivity contribution in [3.05, 3.63) is 0 Å². The van der Waals surface area contributed by atoms with Crippen molar-refractivity contribution in [2.45, 2.75) is 25.3 Å². The van der Waals surface area contributed by atoms with Crippen LogP contribution >= 0.6 is 0 Å². The van der Waals surface area contributed by atoms with E-state index in [9.17, 15) is 8.42 Å². The van der Waals surface area contributed by atoms with Crippen LogP contribution in [-0.4, -0.2) is 31.6 Å². The minimum Gasteiger partial charge on any atom is -0.212 e. The van der Waals surface area contributed by atoms with Gasteiger partial charge < -0.3 is 0 Å². The lowest BCUT2D eigenvalue weighted by Crippen LogP contribution is -2.54. The maximum absolute atomic E-state index is 11.3. The second-order valence-corrected chi connectivity index (χ2v) is 6.16. The highest BCUT2D eigenvalue weighted by Gasteiger charge is 2.46. The fourth-order valence-electron chi connectivity index (χ4n) is 2.11. The molecule has 1 saturated heterocycles. The third kappa shape index (κ3) is 1.64. The van der Waals surface area contributed by atoms with Gasteiger partial charge in [0, 0.05) is 12.6 Å². The highest BCUT2D eigenvalue weighted by molar-refractivity contribution is 7.88. The molecule has 0 aromatic heterocycles. The molecule has 0 aromatic carbocycles. The molecule has 14 heavy (non-hydrogen) atoms. The summed E-state index contributed by atoms with van der Waals surface area (Å²) in [5, 5.41) is 8.98. The van der Waals surface area contributed by atoms with E-state index in [0.717, 1.165) is 19.3 Å². The van der Waals surface area contributed by atoms with E-state index >= 15 is 0 Å². The van der Waals surface area contributed by atoms with Crippen LogP contribution in [0.1, 0.15) is 19.3 Å². The zero-order valence-electron chi connectivity index (χ0n) is 8.18. The molecule has 0 bridgehead atoms. The number of sulfonamides is 1. The molecule has 5 heteroatoms. The van der Waals surface area contributed by atoms with Crippen molar-refractivity contribution in [2.75, 3.05) is 12.8 Å². The summed E-state index contributed by atoms with van der Waals surface area (Å²) < 4.78 is 24.1. The summed E-state index contributed by atoms with van der Waals surface area (Å²) in [5.41, 5.74) is 0. The Hall–Kier alpha value is -0.600. The van der Waals surface area contributed by atoms with Crippen molar-refractivity contribution in [3.8, 4) is 6.07 Å². The summed E-state index contributed by atoms with van der Waals surface area (Å²) in [6.07, 6.45) is 4.25. The number of nitrogens with zero attached hydrogens (tertiary/aromatic N) is 2. The number of nitriles is 1. The van der Waals surface area contributed by atoms with Gasteiger partial charge in [-0.1, -0.05) is 0 Å². The summed E-state index contributed by atoms with van der Waals surface area (Å²) in [6, 6.07) is 2.22. The predicted molar refractivity (Wildman–Crippen MR) is 51.8 cm³/mol. The van der Waals surface area contributed by atoms with E-state index in [-0.39, 0.29) is 12.0 Å². The number of hydrogen-bond acceptors (Lipinski definition) is 3. The lowest BCUT2D eigenvalue weighted by molar-refractivity contribution is 0.149. The van der Waals surface area contributed by atoms with Crippen molar-refractivity contribution in [2.24, 2.45) is 11.8 Å². The zero-order chi connectivity index (χ0) is 10.3. The van der Waals surface area contributed by atoms with Gasteiger partial charge in [-0.15, -0.1) is 0 Å². The molecular weight excluding hydrogens is 200 g/mol. The Morgan fingerprint density at radius 2 is 2.07 bits per heavy atom. The lowest BCUT2D eigenvalue weighted by atomic mass is 9.89. The fourth-order valence-corrected chi connectivity index (χ4v) is 3.28. The molecule has 2 fully saturated rings. The average molecular weight is 214 g/mol. The Balaban J connectivity index is 2.08. The van der Waals surface area contributed by atoms with E-state index in [4.69, 9.17) is 5.26 Å². The van der Waals surface area contributed by atoms with Gasteiger partial charge >= 0.3 is 0 Å². The van der Waals surface area contributed by atoms with Crippen LogP contribution in [0.25, 0.3) is 0 Å². The van der Waals surface area contributed by atoms with E-state index in [1.807, 2.05) is 0 Å². The van der Waals surface area contributed by atoms with Crippen LogP contribution in [0.5, 0.6) is 0 Å². The van der Waals surface area contributed by atoms with Crippen molar-refractivity contribution in [3.63, 3.8) is 0 Å². The SMILES string of the molecule is CS(=O)(=O)N1CCC1C(C#N)C1CC1. The van der Waals surface area contributed by atoms with E-state index in [0.29, 0.717) is 12.5 Å². The maximum atomic E-state index is 11.3. The Morgan fingerprint density at radius 3 is 2.36 bits per heavy atom. The minimum atomic E-state index is -3.09. The molecule has 1 saturated carbocycles. The third-order valence-corrected chi connectivity index (χ3v) is 4.44. The van der Waals surface area contributed by atoms with Crippen LogP contribution in [0.4, 0.5) is 0 Å². The van der Waals surface area contributed by atoms with Crippen LogP contribution in [0.3, 0.4) is 0 Å². The van der Waals surface area contributed by atoms with Gasteiger partial charge in [0.15, 0.2) is 0 Å². The fraction of sp³-hybridized carbons (Fsp3) is 0.889. The van der Waals surface area contributed by atoms with Gasteiger partial charge in [-0.25, -0.2) is 8.42 Å². The van der Waals surface area contributed by atoms with Gasteiger partial charge in [-0.2, -0.15) is 9.57 Å². The molecule has 2 atom stereocenters. The van der Waals surface area contributed by atoms with E-state index in [1.54, 1.807) is 0 Å². The first-order chi connectivity index (χ1) is 6.54. The van der Waals surface area contributed by atoms with E-state index in [2.05, 4.69) is 6.07 Å². The maximum Gasteiger partial charge on any atom is 0.211 e. The van der Waals surface area contributed by atoms with Crippen LogP contribution in [-0.2, 0) is 10.0 Å². The molecule has 2 rings (SSSR count). The van der Waals surface area contributed by atoms with Crippen LogP contribution in [0, 0.1) is 23.2 Å². The standard InChI is InChI=1S/C9H14N2O2S/c1-14(12,13)11-5-4-9(11)8(6-10)7-2-3-7/h7-9H,2-5H2,1H3. The smallest absolute Gasteiger partial charge is 0.211 e. The molecule has 0 N–H and O–H groups in total. The second kappa shape index (κ2) is 3.21. The topological polar surface area (TPSA) is 61.2 Å². The Labute approximate surface area is 84.6 Å².